The Bertz CT molecular complexity index is 624. The minimum absolute atomic E-state index is 0.0541. The van der Waals surface area contributed by atoms with Gasteiger partial charge in [-0.2, -0.15) is 0 Å². The fourth-order valence-electron chi connectivity index (χ4n) is 2.55. The normalized spacial score (nSPS) is 15.0. The highest BCUT2D eigenvalue weighted by atomic mass is 32.1. The van der Waals surface area contributed by atoms with Gasteiger partial charge in [-0.05, 0) is 23.6 Å². The first-order valence-corrected chi connectivity index (χ1v) is 8.16. The number of urea groups is 1. The largest absolute Gasteiger partial charge is 0.366 e. The van der Waals surface area contributed by atoms with Crippen molar-refractivity contribution in [3.63, 3.8) is 0 Å². The number of thiophene rings is 1. The second-order valence-electron chi connectivity index (χ2n) is 5.16. The third kappa shape index (κ3) is 3.39. The number of hydrogen-bond acceptors (Lipinski definition) is 3. The van der Waals surface area contributed by atoms with Crippen molar-refractivity contribution in [2.75, 3.05) is 31.1 Å². The van der Waals surface area contributed by atoms with Crippen LogP contribution >= 0.6 is 11.3 Å². The van der Waals surface area contributed by atoms with Gasteiger partial charge in [0.1, 0.15) is 5.82 Å². The fraction of sp³-hybridized carbons (Fsp3) is 0.312. The van der Waals surface area contributed by atoms with E-state index in [4.69, 9.17) is 0 Å². The van der Waals surface area contributed by atoms with Crippen molar-refractivity contribution in [2.45, 2.75) is 6.54 Å². The number of carbonyl (C=O) groups excluding carboxylic acids is 1. The highest BCUT2D eigenvalue weighted by molar-refractivity contribution is 7.09. The SMILES string of the molecule is O=C(NCc1cccs1)N1CCN(c2ccccc2F)CC1. The zero-order chi connectivity index (χ0) is 15.4. The van der Waals surface area contributed by atoms with Crippen LogP contribution in [0.25, 0.3) is 0 Å². The van der Waals surface area contributed by atoms with Crippen LogP contribution in [0.1, 0.15) is 4.88 Å². The van der Waals surface area contributed by atoms with E-state index in [1.165, 1.54) is 6.07 Å². The molecule has 0 bridgehead atoms. The average molecular weight is 319 g/mol. The fourth-order valence-corrected chi connectivity index (χ4v) is 3.19. The van der Waals surface area contributed by atoms with Gasteiger partial charge in [0.05, 0.1) is 12.2 Å². The molecule has 0 spiro atoms. The van der Waals surface area contributed by atoms with E-state index in [2.05, 4.69) is 5.32 Å². The monoisotopic (exact) mass is 319 g/mol. The van der Waals surface area contributed by atoms with Crippen molar-refractivity contribution >= 4 is 23.1 Å². The predicted octanol–water partition coefficient (Wildman–Crippen LogP) is 2.92. The van der Waals surface area contributed by atoms with Gasteiger partial charge in [-0.1, -0.05) is 18.2 Å². The molecule has 2 aromatic rings. The van der Waals surface area contributed by atoms with E-state index in [0.29, 0.717) is 38.4 Å². The molecule has 0 aliphatic carbocycles. The number of carbonyl (C=O) groups is 1. The molecule has 4 nitrogen and oxygen atoms in total. The molecule has 1 aromatic carbocycles. The van der Waals surface area contributed by atoms with Crippen molar-refractivity contribution in [3.8, 4) is 0 Å². The number of anilines is 1. The number of nitrogens with zero attached hydrogens (tertiary/aromatic N) is 2. The van der Waals surface area contributed by atoms with Gasteiger partial charge in [0.15, 0.2) is 0 Å². The molecule has 1 aromatic heterocycles. The van der Waals surface area contributed by atoms with Gasteiger partial charge in [0.25, 0.3) is 0 Å². The van der Waals surface area contributed by atoms with Gasteiger partial charge in [-0.15, -0.1) is 11.3 Å². The van der Waals surface area contributed by atoms with Gasteiger partial charge < -0.3 is 15.1 Å². The van der Waals surface area contributed by atoms with Crippen LogP contribution in [-0.2, 0) is 6.54 Å². The maximum atomic E-state index is 13.8. The molecule has 0 saturated carbocycles. The second-order valence-corrected chi connectivity index (χ2v) is 6.20. The summed E-state index contributed by atoms with van der Waals surface area (Å²) in [4.78, 5) is 17.0. The highest BCUT2D eigenvalue weighted by Gasteiger charge is 2.22. The van der Waals surface area contributed by atoms with Crippen LogP contribution in [0.2, 0.25) is 0 Å². The number of para-hydroxylation sites is 1. The lowest BCUT2D eigenvalue weighted by Crippen LogP contribution is -2.51. The summed E-state index contributed by atoms with van der Waals surface area (Å²) in [6.45, 7) is 3.06. The molecule has 2 amide bonds. The smallest absolute Gasteiger partial charge is 0.317 e. The lowest BCUT2D eigenvalue weighted by molar-refractivity contribution is 0.194. The first-order valence-electron chi connectivity index (χ1n) is 7.28. The Morgan fingerprint density at radius 1 is 1.14 bits per heavy atom. The van der Waals surface area contributed by atoms with E-state index in [-0.39, 0.29) is 11.8 Å². The van der Waals surface area contributed by atoms with Gasteiger partial charge in [0, 0.05) is 31.1 Å². The van der Waals surface area contributed by atoms with Crippen molar-refractivity contribution in [2.24, 2.45) is 0 Å². The molecule has 0 atom stereocenters. The molecular weight excluding hydrogens is 301 g/mol. The van der Waals surface area contributed by atoms with Crippen molar-refractivity contribution < 1.29 is 9.18 Å². The van der Waals surface area contributed by atoms with Crippen LogP contribution in [0, 0.1) is 5.82 Å². The topological polar surface area (TPSA) is 35.6 Å². The Balaban J connectivity index is 1.51. The summed E-state index contributed by atoms with van der Waals surface area (Å²) in [5.74, 6) is -0.210. The summed E-state index contributed by atoms with van der Waals surface area (Å²) >= 11 is 1.63. The van der Waals surface area contributed by atoms with E-state index in [0.717, 1.165) is 4.88 Å². The quantitative estimate of drug-likeness (QED) is 0.944. The van der Waals surface area contributed by atoms with Crippen LogP contribution in [-0.4, -0.2) is 37.1 Å². The number of halogens is 1. The summed E-state index contributed by atoms with van der Waals surface area (Å²) in [5, 5.41) is 4.92. The number of amides is 2. The molecule has 1 N–H and O–H groups in total. The van der Waals surface area contributed by atoms with Crippen molar-refractivity contribution in [1.82, 2.24) is 10.2 Å². The molecule has 1 saturated heterocycles. The van der Waals surface area contributed by atoms with E-state index in [9.17, 15) is 9.18 Å². The summed E-state index contributed by atoms with van der Waals surface area (Å²) in [7, 11) is 0. The Kier molecular flexibility index (Phi) is 4.58. The molecule has 1 aliphatic rings. The summed E-state index contributed by atoms with van der Waals surface area (Å²) in [5.41, 5.74) is 0.612. The number of piperazine rings is 1. The van der Waals surface area contributed by atoms with Crippen LogP contribution in [0.5, 0.6) is 0 Å². The van der Waals surface area contributed by atoms with Gasteiger partial charge >= 0.3 is 6.03 Å². The number of benzene rings is 1. The molecule has 0 unspecified atom stereocenters. The van der Waals surface area contributed by atoms with Crippen LogP contribution in [0.15, 0.2) is 41.8 Å². The van der Waals surface area contributed by atoms with Crippen LogP contribution < -0.4 is 10.2 Å². The second kappa shape index (κ2) is 6.79. The average Bonchev–Trinajstić information content (AvgIpc) is 3.07. The third-order valence-electron chi connectivity index (χ3n) is 3.75. The molecule has 116 valence electrons. The molecule has 6 heteroatoms. The minimum Gasteiger partial charge on any atom is -0.366 e. The zero-order valence-corrected chi connectivity index (χ0v) is 13.0. The molecule has 3 rings (SSSR count). The Morgan fingerprint density at radius 3 is 2.59 bits per heavy atom. The zero-order valence-electron chi connectivity index (χ0n) is 12.2. The van der Waals surface area contributed by atoms with Gasteiger partial charge in [0.2, 0.25) is 0 Å². The standard InChI is InChI=1S/C16H18FN3OS/c17-14-5-1-2-6-15(14)19-7-9-20(10-8-19)16(21)18-12-13-4-3-11-22-13/h1-6,11H,7-10,12H2,(H,18,21). The number of hydrogen-bond donors (Lipinski definition) is 1. The maximum Gasteiger partial charge on any atom is 0.317 e. The van der Waals surface area contributed by atoms with Crippen LogP contribution in [0.4, 0.5) is 14.9 Å². The summed E-state index contributed by atoms with van der Waals surface area (Å²) in [6.07, 6.45) is 0. The molecule has 0 radical (unpaired) electrons. The predicted molar refractivity (Wildman–Crippen MR) is 86.7 cm³/mol. The van der Waals surface area contributed by atoms with E-state index >= 15 is 0 Å². The molecule has 1 aliphatic heterocycles. The minimum atomic E-state index is -0.210. The van der Waals surface area contributed by atoms with Crippen LogP contribution in [0.3, 0.4) is 0 Å². The summed E-state index contributed by atoms with van der Waals surface area (Å²) < 4.78 is 13.8. The van der Waals surface area contributed by atoms with Gasteiger partial charge in [-0.3, -0.25) is 0 Å². The van der Waals surface area contributed by atoms with Gasteiger partial charge in [-0.25, -0.2) is 9.18 Å². The van der Waals surface area contributed by atoms with E-state index in [1.807, 2.05) is 28.5 Å². The first-order chi connectivity index (χ1) is 10.7. The molecule has 2 heterocycles. The first kappa shape index (κ1) is 14.8. The van der Waals surface area contributed by atoms with Crippen molar-refractivity contribution in [3.05, 3.63) is 52.5 Å². The Morgan fingerprint density at radius 2 is 1.91 bits per heavy atom. The molecule has 22 heavy (non-hydrogen) atoms. The maximum absolute atomic E-state index is 13.8. The highest BCUT2D eigenvalue weighted by Crippen LogP contribution is 2.20. The Hall–Kier alpha value is -2.08. The van der Waals surface area contributed by atoms with E-state index in [1.54, 1.807) is 28.4 Å². The number of rotatable bonds is 3. The number of nitrogens with one attached hydrogen (secondary N) is 1. The Labute approximate surface area is 133 Å². The third-order valence-corrected chi connectivity index (χ3v) is 4.63. The van der Waals surface area contributed by atoms with E-state index < -0.39 is 0 Å². The lowest BCUT2D eigenvalue weighted by atomic mass is 10.2. The lowest BCUT2D eigenvalue weighted by Gasteiger charge is -2.36. The van der Waals surface area contributed by atoms with Crippen molar-refractivity contribution in [1.29, 1.82) is 0 Å². The summed E-state index contributed by atoms with van der Waals surface area (Å²) in [6, 6.07) is 10.7. The molecule has 1 fully saturated rings. The molecular formula is C16H18FN3OS.